The quantitative estimate of drug-likeness (QED) is 0.610. The summed E-state index contributed by atoms with van der Waals surface area (Å²) in [7, 11) is 2.12. The van der Waals surface area contributed by atoms with E-state index in [9.17, 15) is 13.2 Å². The highest BCUT2D eigenvalue weighted by molar-refractivity contribution is 7.99. The number of para-hydroxylation sites is 1. The molecule has 0 bridgehead atoms. The fraction of sp³-hybridized carbons (Fsp3) is 0.429. The Morgan fingerprint density at radius 1 is 0.966 bits per heavy atom. The minimum absolute atomic E-state index is 0.211. The summed E-state index contributed by atoms with van der Waals surface area (Å²) in [5.74, 6) is 0. The van der Waals surface area contributed by atoms with Gasteiger partial charge < -0.3 is 14.7 Å². The molecule has 0 N–H and O–H groups in total. The number of nitrogens with zero attached hydrogens (tertiary/aromatic N) is 3. The van der Waals surface area contributed by atoms with Gasteiger partial charge in [0.25, 0.3) is 0 Å². The van der Waals surface area contributed by atoms with Crippen LogP contribution in [0.3, 0.4) is 0 Å². The fourth-order valence-electron chi connectivity index (χ4n) is 3.86. The van der Waals surface area contributed by atoms with Crippen molar-refractivity contribution in [3.8, 4) is 0 Å². The summed E-state index contributed by atoms with van der Waals surface area (Å²) < 4.78 is 40.3. The number of rotatable bonds is 4. The molecule has 2 aliphatic heterocycles. The van der Waals surface area contributed by atoms with Crippen LogP contribution >= 0.6 is 23.4 Å². The molecule has 2 aliphatic rings. The fourth-order valence-corrected chi connectivity index (χ4v) is 5.40. The van der Waals surface area contributed by atoms with Crippen LogP contribution < -0.4 is 4.90 Å². The molecule has 0 atom stereocenters. The Morgan fingerprint density at radius 3 is 2.41 bits per heavy atom. The monoisotopic (exact) mass is 441 g/mol. The van der Waals surface area contributed by atoms with E-state index >= 15 is 0 Å². The number of hydrogen-bond acceptors (Lipinski definition) is 4. The number of piperazine rings is 1. The molecule has 0 saturated carbocycles. The Hall–Kier alpha value is -1.41. The predicted octanol–water partition coefficient (Wildman–Crippen LogP) is 5.60. The molecule has 8 heteroatoms. The zero-order valence-electron chi connectivity index (χ0n) is 16.2. The zero-order chi connectivity index (χ0) is 20.6. The Labute approximate surface area is 178 Å². The molecule has 2 heterocycles. The van der Waals surface area contributed by atoms with E-state index in [2.05, 4.69) is 16.8 Å². The lowest BCUT2D eigenvalue weighted by Gasteiger charge is -2.36. The minimum Gasteiger partial charge on any atom is -0.338 e. The maximum Gasteiger partial charge on any atom is 0.417 e. The van der Waals surface area contributed by atoms with Crippen LogP contribution in [0.2, 0.25) is 5.02 Å². The lowest BCUT2D eigenvalue weighted by molar-refractivity contribution is -0.137. The van der Waals surface area contributed by atoms with Gasteiger partial charge in [0.1, 0.15) is 0 Å². The molecule has 3 nitrogen and oxygen atoms in total. The summed E-state index contributed by atoms with van der Waals surface area (Å²) in [6, 6.07) is 10.5. The second kappa shape index (κ2) is 8.38. The van der Waals surface area contributed by atoms with Gasteiger partial charge in [0.05, 0.1) is 22.0 Å². The van der Waals surface area contributed by atoms with Crippen molar-refractivity contribution in [3.63, 3.8) is 0 Å². The molecule has 0 spiro atoms. The van der Waals surface area contributed by atoms with Gasteiger partial charge in [-0.1, -0.05) is 35.5 Å². The van der Waals surface area contributed by atoms with Crippen molar-refractivity contribution in [2.45, 2.75) is 22.4 Å². The largest absolute Gasteiger partial charge is 0.417 e. The number of alkyl halides is 3. The molecular formula is C21H23ClF3N3S. The normalized spacial score (nSPS) is 17.9. The third kappa shape index (κ3) is 4.38. The van der Waals surface area contributed by atoms with E-state index in [4.69, 9.17) is 11.6 Å². The van der Waals surface area contributed by atoms with E-state index in [1.807, 2.05) is 29.2 Å². The molecule has 0 unspecified atom stereocenters. The highest BCUT2D eigenvalue weighted by Crippen LogP contribution is 2.53. The van der Waals surface area contributed by atoms with Crippen LogP contribution in [0.5, 0.6) is 0 Å². The van der Waals surface area contributed by atoms with Crippen LogP contribution in [0.4, 0.5) is 24.5 Å². The Balaban J connectivity index is 1.60. The molecule has 0 aromatic heterocycles. The van der Waals surface area contributed by atoms with Crippen molar-refractivity contribution in [3.05, 3.63) is 47.0 Å². The van der Waals surface area contributed by atoms with Gasteiger partial charge in [-0.2, -0.15) is 13.2 Å². The van der Waals surface area contributed by atoms with E-state index in [1.54, 1.807) is 0 Å². The van der Waals surface area contributed by atoms with Crippen LogP contribution in [0, 0.1) is 0 Å². The van der Waals surface area contributed by atoms with E-state index in [0.29, 0.717) is 12.2 Å². The summed E-state index contributed by atoms with van der Waals surface area (Å²) >= 11 is 7.80. The third-order valence-corrected chi connectivity index (χ3v) is 6.98. The third-order valence-electron chi connectivity index (χ3n) is 5.48. The number of hydrogen-bond donors (Lipinski definition) is 0. The second-order valence-electron chi connectivity index (χ2n) is 7.49. The summed E-state index contributed by atoms with van der Waals surface area (Å²) in [4.78, 5) is 8.49. The molecule has 1 fully saturated rings. The number of likely N-dealkylation sites (N-methyl/N-ethyl adjacent to an activating group) is 1. The summed E-state index contributed by atoms with van der Waals surface area (Å²) in [6.45, 7) is 5.69. The van der Waals surface area contributed by atoms with Gasteiger partial charge in [-0.25, -0.2) is 0 Å². The van der Waals surface area contributed by atoms with Gasteiger partial charge in [-0.3, -0.25) is 0 Å². The van der Waals surface area contributed by atoms with E-state index in [-0.39, 0.29) is 5.02 Å². The molecule has 0 amide bonds. The lowest BCUT2D eigenvalue weighted by Crippen LogP contribution is -2.45. The minimum atomic E-state index is -4.47. The van der Waals surface area contributed by atoms with Crippen LogP contribution in [-0.2, 0) is 6.18 Å². The van der Waals surface area contributed by atoms with E-state index in [1.165, 1.54) is 17.8 Å². The van der Waals surface area contributed by atoms with Crippen molar-refractivity contribution in [2.75, 3.05) is 51.2 Å². The molecule has 29 heavy (non-hydrogen) atoms. The standard InChI is InChI=1S/C21H23ClF3N3S/c1-26-11-13-27(14-12-26)9-4-10-28-16-5-2-3-6-17(16)29-18-8-7-15(21(23,24)25)19(22)20(18)28/h2-3,5-8H,4,9-14H2,1H3. The molecular weight excluding hydrogens is 419 g/mol. The Kier molecular flexibility index (Phi) is 6.02. The van der Waals surface area contributed by atoms with Gasteiger partial charge in [0.15, 0.2) is 0 Å². The summed E-state index contributed by atoms with van der Waals surface area (Å²) in [5.41, 5.74) is 0.620. The first kappa shape index (κ1) is 20.8. The Bertz CT molecular complexity index is 882. The highest BCUT2D eigenvalue weighted by atomic mass is 35.5. The van der Waals surface area contributed by atoms with Gasteiger partial charge in [0, 0.05) is 42.5 Å². The zero-order valence-corrected chi connectivity index (χ0v) is 17.7. The van der Waals surface area contributed by atoms with Gasteiger partial charge in [0.2, 0.25) is 0 Å². The highest BCUT2D eigenvalue weighted by Gasteiger charge is 2.37. The van der Waals surface area contributed by atoms with Crippen molar-refractivity contribution in [2.24, 2.45) is 0 Å². The van der Waals surface area contributed by atoms with E-state index in [0.717, 1.165) is 60.7 Å². The summed E-state index contributed by atoms with van der Waals surface area (Å²) in [5, 5.41) is -0.211. The van der Waals surface area contributed by atoms with Crippen LogP contribution in [-0.4, -0.2) is 56.1 Å². The smallest absolute Gasteiger partial charge is 0.338 e. The topological polar surface area (TPSA) is 9.72 Å². The first-order chi connectivity index (χ1) is 13.8. The van der Waals surface area contributed by atoms with Gasteiger partial charge >= 0.3 is 6.18 Å². The number of benzene rings is 2. The van der Waals surface area contributed by atoms with Crippen LogP contribution in [0.1, 0.15) is 12.0 Å². The number of halogens is 4. The lowest BCUT2D eigenvalue weighted by atomic mass is 10.1. The van der Waals surface area contributed by atoms with Crippen LogP contribution in [0.25, 0.3) is 0 Å². The molecule has 0 aliphatic carbocycles. The molecule has 2 aromatic rings. The molecule has 2 aromatic carbocycles. The maximum atomic E-state index is 13.4. The van der Waals surface area contributed by atoms with Crippen molar-refractivity contribution < 1.29 is 13.2 Å². The molecule has 4 rings (SSSR count). The summed E-state index contributed by atoms with van der Waals surface area (Å²) in [6.07, 6.45) is -3.62. The Morgan fingerprint density at radius 2 is 1.69 bits per heavy atom. The average Bonchev–Trinajstić information content (AvgIpc) is 2.68. The van der Waals surface area contributed by atoms with Crippen molar-refractivity contribution >= 4 is 34.7 Å². The van der Waals surface area contributed by atoms with E-state index < -0.39 is 11.7 Å². The predicted molar refractivity (Wildman–Crippen MR) is 113 cm³/mol. The molecule has 156 valence electrons. The number of fused-ring (bicyclic) bond motifs is 2. The maximum absolute atomic E-state index is 13.4. The van der Waals surface area contributed by atoms with Crippen LogP contribution in [0.15, 0.2) is 46.2 Å². The van der Waals surface area contributed by atoms with Gasteiger partial charge in [-0.05, 0) is 44.3 Å². The first-order valence-electron chi connectivity index (χ1n) is 9.69. The first-order valence-corrected chi connectivity index (χ1v) is 10.9. The number of anilines is 2. The molecule has 1 saturated heterocycles. The average molecular weight is 442 g/mol. The van der Waals surface area contributed by atoms with Crippen molar-refractivity contribution in [1.82, 2.24) is 9.80 Å². The second-order valence-corrected chi connectivity index (χ2v) is 8.95. The van der Waals surface area contributed by atoms with Gasteiger partial charge in [-0.15, -0.1) is 0 Å². The molecule has 0 radical (unpaired) electrons. The van der Waals surface area contributed by atoms with Crippen molar-refractivity contribution in [1.29, 1.82) is 0 Å². The SMILES string of the molecule is CN1CCN(CCCN2c3ccccc3Sc3ccc(C(F)(F)F)c(Cl)c32)CC1.